The molecule has 4 aliphatic heterocycles. The Labute approximate surface area is 438 Å². The predicted octanol–water partition coefficient (Wildman–Crippen LogP) is 12.9. The molecule has 4 saturated heterocycles. The lowest BCUT2D eigenvalue weighted by molar-refractivity contribution is -0.138. The fraction of sp³-hybridized carbons (Fsp3) is 0.315. The average Bonchev–Trinajstić information content (AvgIpc) is 3.38. The molecule has 13 nitrogen and oxygen atoms in total. The summed E-state index contributed by atoms with van der Waals surface area (Å²) in [5.41, 5.74) is 0.350. The summed E-state index contributed by atoms with van der Waals surface area (Å²) < 4.78 is 98.0. The van der Waals surface area contributed by atoms with Gasteiger partial charge in [-0.3, -0.25) is 19.7 Å². The minimum atomic E-state index is -4.55. The number of piperidine rings is 2. The van der Waals surface area contributed by atoms with Gasteiger partial charge in [-0.25, -0.2) is 9.59 Å². The van der Waals surface area contributed by atoms with Gasteiger partial charge in [0.25, 0.3) is 0 Å². The number of hydrogen-bond acceptors (Lipinski definition) is 11. The van der Waals surface area contributed by atoms with E-state index in [0.29, 0.717) is 71.4 Å². The molecule has 75 heavy (non-hydrogen) atoms. The molecule has 0 saturated carbocycles. The number of hydrogen-bond donors (Lipinski definition) is 1. The number of alkyl halides is 6. The third-order valence-corrected chi connectivity index (χ3v) is 13.9. The number of amides is 2. The van der Waals surface area contributed by atoms with Gasteiger partial charge in [0.15, 0.2) is 11.5 Å². The topological polar surface area (TPSA) is 136 Å². The number of aldehydes is 1. The molecule has 0 radical (unpaired) electrons. The van der Waals surface area contributed by atoms with Crippen LogP contribution in [0.2, 0.25) is 10.0 Å². The molecule has 0 aliphatic carbocycles. The average molecular weight is 1080 g/mol. The number of para-hydroxylation sites is 2. The zero-order valence-corrected chi connectivity index (χ0v) is 41.6. The first kappa shape index (κ1) is 54.3. The predicted molar refractivity (Wildman–Crippen MR) is 266 cm³/mol. The van der Waals surface area contributed by atoms with Crippen molar-refractivity contribution in [3.05, 3.63) is 166 Å². The monoisotopic (exact) mass is 1080 g/mol. The number of rotatable bonds is 9. The molecule has 2 spiro atoms. The van der Waals surface area contributed by atoms with Gasteiger partial charge in [0, 0.05) is 76.9 Å². The van der Waals surface area contributed by atoms with Gasteiger partial charge in [0.05, 0.1) is 33.6 Å². The highest BCUT2D eigenvalue weighted by atomic mass is 35.5. The van der Waals surface area contributed by atoms with Crippen molar-refractivity contribution in [3.8, 4) is 34.5 Å². The van der Waals surface area contributed by atoms with Gasteiger partial charge in [-0.05, 0) is 115 Å². The smallest absolute Gasteiger partial charge is 0.418 e. The van der Waals surface area contributed by atoms with Gasteiger partial charge in [-0.2, -0.15) is 26.3 Å². The highest BCUT2D eigenvalue weighted by molar-refractivity contribution is 6.32. The molecule has 4 aromatic carbocycles. The summed E-state index contributed by atoms with van der Waals surface area (Å²) >= 11 is 12.1. The van der Waals surface area contributed by atoms with E-state index in [0.717, 1.165) is 95.0 Å². The van der Waals surface area contributed by atoms with Crippen LogP contribution in [0.3, 0.4) is 0 Å². The number of carbonyl (C=O) groups is 3. The minimum Gasteiger partial charge on any atom is -0.456 e. The Balaban J connectivity index is 0.000000166. The number of ether oxygens (including phenoxy) is 4. The summed E-state index contributed by atoms with van der Waals surface area (Å²) in [6.07, 6.45) is -2.50. The maximum absolute atomic E-state index is 12.9. The van der Waals surface area contributed by atoms with Gasteiger partial charge in [0.2, 0.25) is 0 Å². The first-order valence-electron chi connectivity index (χ1n) is 23.8. The molecule has 2 amide bonds. The van der Waals surface area contributed by atoms with E-state index in [1.165, 1.54) is 10.5 Å². The van der Waals surface area contributed by atoms with Crippen LogP contribution in [0.25, 0.3) is 0 Å². The van der Waals surface area contributed by atoms with Crippen molar-refractivity contribution in [1.29, 1.82) is 0 Å². The van der Waals surface area contributed by atoms with Crippen molar-refractivity contribution in [2.75, 3.05) is 52.4 Å². The van der Waals surface area contributed by atoms with Crippen LogP contribution in [0, 0.1) is 10.8 Å². The maximum Gasteiger partial charge on any atom is 0.418 e. The van der Waals surface area contributed by atoms with Gasteiger partial charge < -0.3 is 34.1 Å². The number of likely N-dealkylation sites (tertiary alicyclic amines) is 3. The first-order valence-corrected chi connectivity index (χ1v) is 24.5. The van der Waals surface area contributed by atoms with Crippen LogP contribution in [-0.4, -0.2) is 95.5 Å². The number of aromatic nitrogens is 2. The maximum atomic E-state index is 12.9. The van der Waals surface area contributed by atoms with E-state index in [1.54, 1.807) is 47.4 Å². The van der Waals surface area contributed by atoms with E-state index < -0.39 is 35.7 Å². The number of pyridine rings is 2. The van der Waals surface area contributed by atoms with Crippen LogP contribution < -0.4 is 24.3 Å². The molecule has 4 fully saturated rings. The van der Waals surface area contributed by atoms with E-state index in [-0.39, 0.29) is 22.3 Å². The first-order chi connectivity index (χ1) is 35.9. The Kier molecular flexibility index (Phi) is 17.2. The number of nitrogens with zero attached hydrogens (tertiary/aromatic N) is 5. The standard InChI is InChI=1S/C27H25ClF3N3O3.C14H16F3N3O2.C13H9ClO2/c28-23-3-1-2-4-24(23)36-21-7-5-19(6-8-21)16-33-17-26(18-33)9-11-34(12-10-26)25(35)37-22-13-20(14-32-15-22)27(29,30)31;15-14(16,17)10-5-11(7-18-6-10)22-12(21)20-3-1-13(2-4-20)8-19-9-13;14-12-3-1-2-4-13(12)16-11-7-5-10(9-15)6-8-11/h1-8,13-15H,9-12,16-18H2;5-7,19H,1-4,8-9H2;1-9H. The third-order valence-electron chi connectivity index (χ3n) is 13.2. The van der Waals surface area contributed by atoms with E-state index in [1.807, 2.05) is 54.6 Å². The van der Waals surface area contributed by atoms with Crippen LogP contribution in [0.1, 0.15) is 52.7 Å². The molecule has 394 valence electrons. The second-order valence-electron chi connectivity index (χ2n) is 18.7. The summed E-state index contributed by atoms with van der Waals surface area (Å²) in [5.74, 6) is 2.19. The number of nitrogens with one attached hydrogen (secondary N) is 1. The lowest BCUT2D eigenvalue weighted by atomic mass is 9.72. The lowest BCUT2D eigenvalue weighted by Gasteiger charge is -2.54. The van der Waals surface area contributed by atoms with Gasteiger partial charge in [-0.1, -0.05) is 59.6 Å². The molecule has 4 aliphatic rings. The Bertz CT molecular complexity index is 2900. The third kappa shape index (κ3) is 14.7. The molecular formula is C54H50Cl2F6N6O7. The zero-order valence-electron chi connectivity index (χ0n) is 40.1. The Morgan fingerprint density at radius 3 is 1.41 bits per heavy atom. The van der Waals surface area contributed by atoms with Crippen molar-refractivity contribution >= 4 is 41.7 Å². The number of halogens is 8. The minimum absolute atomic E-state index is 0.154. The van der Waals surface area contributed by atoms with E-state index >= 15 is 0 Å². The Morgan fingerprint density at radius 1 is 0.587 bits per heavy atom. The second-order valence-corrected chi connectivity index (χ2v) is 19.5. The zero-order chi connectivity index (χ0) is 53.2. The fourth-order valence-electron chi connectivity index (χ4n) is 8.92. The van der Waals surface area contributed by atoms with Crippen molar-refractivity contribution in [2.24, 2.45) is 10.8 Å². The lowest BCUT2D eigenvalue weighted by Crippen LogP contribution is -2.60. The SMILES string of the molecule is O=C(Oc1cncc(C(F)(F)F)c1)N1CCC2(CC1)CN(Cc1ccc(Oc3ccccc3Cl)cc1)C2.O=C(Oc1cncc(C(F)(F)F)c1)N1CCC2(CC1)CNC2.O=Cc1ccc(Oc2ccccc2Cl)cc1. The van der Waals surface area contributed by atoms with Crippen molar-refractivity contribution in [2.45, 2.75) is 44.6 Å². The largest absolute Gasteiger partial charge is 0.456 e. The quantitative estimate of drug-likeness (QED) is 0.109. The summed E-state index contributed by atoms with van der Waals surface area (Å²) in [6, 6.07) is 30.9. The van der Waals surface area contributed by atoms with Crippen LogP contribution in [0.4, 0.5) is 35.9 Å². The van der Waals surface area contributed by atoms with Crippen LogP contribution in [0.5, 0.6) is 34.5 Å². The van der Waals surface area contributed by atoms with E-state index in [4.69, 9.17) is 42.1 Å². The molecular weight excluding hydrogens is 1030 g/mol. The fourth-order valence-corrected chi connectivity index (χ4v) is 9.27. The normalized spacial score (nSPS) is 16.7. The van der Waals surface area contributed by atoms with Gasteiger partial charge in [-0.15, -0.1) is 0 Å². The van der Waals surface area contributed by atoms with E-state index in [9.17, 15) is 40.7 Å². The molecule has 0 bridgehead atoms. The summed E-state index contributed by atoms with van der Waals surface area (Å²) in [7, 11) is 0. The summed E-state index contributed by atoms with van der Waals surface area (Å²) in [5, 5.41) is 4.34. The van der Waals surface area contributed by atoms with Crippen molar-refractivity contribution in [3.63, 3.8) is 0 Å². The number of carbonyl (C=O) groups excluding carboxylic acids is 3. The molecule has 6 aromatic rings. The highest BCUT2D eigenvalue weighted by Crippen LogP contribution is 2.42. The highest BCUT2D eigenvalue weighted by Gasteiger charge is 2.46. The van der Waals surface area contributed by atoms with Crippen molar-refractivity contribution < 1.29 is 59.7 Å². The second kappa shape index (κ2) is 23.7. The summed E-state index contributed by atoms with van der Waals surface area (Å²) in [4.78, 5) is 47.4. The molecule has 0 atom stereocenters. The van der Waals surface area contributed by atoms with Gasteiger partial charge in [0.1, 0.15) is 29.3 Å². The molecule has 6 heterocycles. The van der Waals surface area contributed by atoms with Crippen LogP contribution in [-0.2, 0) is 18.9 Å². The summed E-state index contributed by atoms with van der Waals surface area (Å²) in [6.45, 7) is 6.76. The van der Waals surface area contributed by atoms with Crippen LogP contribution >= 0.6 is 23.2 Å². The van der Waals surface area contributed by atoms with Gasteiger partial charge >= 0.3 is 24.5 Å². The molecule has 0 unspecified atom stereocenters. The number of benzene rings is 4. The molecule has 1 N–H and O–H groups in total. The van der Waals surface area contributed by atoms with E-state index in [2.05, 4.69) is 20.2 Å². The molecule has 21 heteroatoms. The molecule has 2 aromatic heterocycles. The van der Waals surface area contributed by atoms with Crippen LogP contribution in [0.15, 0.2) is 134 Å². The van der Waals surface area contributed by atoms with Crippen molar-refractivity contribution in [1.82, 2.24) is 30.0 Å². The molecule has 10 rings (SSSR count). The Morgan fingerprint density at radius 2 is 1.01 bits per heavy atom. The Hall–Kier alpha value is -6.93.